The zero-order valence-corrected chi connectivity index (χ0v) is 40.8. The lowest BCUT2D eigenvalue weighted by Crippen LogP contribution is -2.38. The number of hydrogen-bond donors (Lipinski definition) is 1. The number of rotatable bonds is 7. The molecule has 0 aromatic heterocycles. The molecule has 2 aliphatic heterocycles. The Bertz CT molecular complexity index is 3310. The molecule has 0 bridgehead atoms. The highest BCUT2D eigenvalue weighted by Crippen LogP contribution is 2.61. The zero-order valence-electron chi connectivity index (χ0n) is 38.8. The molecule has 8 aromatic carbocycles. The smallest absolute Gasteiger partial charge is 0.0544 e. The van der Waals surface area contributed by atoms with E-state index in [9.17, 15) is 0 Å². The van der Waals surface area contributed by atoms with E-state index in [2.05, 4.69) is 278 Å². The molecule has 2 nitrogen and oxygen atoms in total. The summed E-state index contributed by atoms with van der Waals surface area (Å²) in [5.41, 5.74) is 17.2. The molecule has 0 radical (unpaired) electrons. The van der Waals surface area contributed by atoms with Crippen LogP contribution in [0.2, 0.25) is 0 Å². The summed E-state index contributed by atoms with van der Waals surface area (Å²) in [6.45, 7) is 14.2. The number of para-hydroxylation sites is 2. The van der Waals surface area contributed by atoms with Gasteiger partial charge in [0.2, 0.25) is 0 Å². The van der Waals surface area contributed by atoms with Crippen LogP contribution in [0.15, 0.2) is 206 Å². The fourth-order valence-electron chi connectivity index (χ4n) is 10.8. The van der Waals surface area contributed by atoms with Crippen LogP contribution in [0.1, 0.15) is 81.3 Å². The topological polar surface area (TPSA) is 6.48 Å². The molecule has 11 rings (SSSR count). The van der Waals surface area contributed by atoms with Crippen LogP contribution in [0.25, 0.3) is 38.7 Å². The second kappa shape index (κ2) is 17.1. The van der Waals surface area contributed by atoms with Gasteiger partial charge < -0.3 is 9.80 Å². The average Bonchev–Trinajstić information content (AvgIpc) is 3.35. The van der Waals surface area contributed by atoms with Crippen LogP contribution in [0.4, 0.5) is 28.4 Å². The van der Waals surface area contributed by atoms with Crippen molar-refractivity contribution in [3.63, 3.8) is 0 Å². The molecule has 0 saturated carbocycles. The predicted molar refractivity (Wildman–Crippen MR) is 293 cm³/mol. The number of nitrogens with zero attached hydrogens (tertiary/aromatic N) is 2. The van der Waals surface area contributed by atoms with Gasteiger partial charge in [0.25, 0.3) is 0 Å². The molecule has 326 valence electrons. The summed E-state index contributed by atoms with van der Waals surface area (Å²) < 4.78 is 0. The fourth-order valence-corrected chi connectivity index (χ4v) is 10.8. The zero-order chi connectivity index (χ0) is 45.8. The first-order chi connectivity index (χ1) is 32.1. The van der Waals surface area contributed by atoms with Crippen molar-refractivity contribution in [1.29, 1.82) is 0 Å². The summed E-state index contributed by atoms with van der Waals surface area (Å²) in [6, 6.07) is 61.2. The Balaban J connectivity index is 0.00000252. The van der Waals surface area contributed by atoms with E-state index >= 15 is 0 Å². The number of anilines is 5. The lowest BCUT2D eigenvalue weighted by molar-refractivity contribution is 0.579. The number of thiol groups is 1. The molecule has 0 spiro atoms. The van der Waals surface area contributed by atoms with Gasteiger partial charge in [-0.25, -0.2) is 0 Å². The van der Waals surface area contributed by atoms with Crippen LogP contribution in [0, 0.1) is 0 Å². The van der Waals surface area contributed by atoms with E-state index in [-0.39, 0.29) is 16.2 Å². The van der Waals surface area contributed by atoms with E-state index in [1.54, 1.807) is 0 Å². The maximum absolute atomic E-state index is 3.44. The molecule has 0 amide bonds. The van der Waals surface area contributed by atoms with Crippen LogP contribution < -0.4 is 9.80 Å². The van der Waals surface area contributed by atoms with E-state index in [0.717, 1.165) is 12.1 Å². The Morgan fingerprint density at radius 2 is 1.21 bits per heavy atom. The molecule has 66 heavy (non-hydrogen) atoms. The van der Waals surface area contributed by atoms with Crippen molar-refractivity contribution in [1.82, 2.24) is 0 Å². The van der Waals surface area contributed by atoms with Crippen LogP contribution in [-0.2, 0) is 16.2 Å². The van der Waals surface area contributed by atoms with Gasteiger partial charge in [-0.2, -0.15) is 12.2 Å². The second-order valence-corrected chi connectivity index (χ2v) is 19.2. The summed E-state index contributed by atoms with van der Waals surface area (Å²) in [5, 5.41) is 4.99. The maximum atomic E-state index is 3.44. The van der Waals surface area contributed by atoms with Gasteiger partial charge in [-0.3, -0.25) is 0 Å². The van der Waals surface area contributed by atoms with Gasteiger partial charge in [-0.05, 0) is 123 Å². The van der Waals surface area contributed by atoms with E-state index in [0.29, 0.717) is 0 Å². The van der Waals surface area contributed by atoms with Crippen molar-refractivity contribution in [3.8, 4) is 11.1 Å². The van der Waals surface area contributed by atoms with Gasteiger partial charge in [0.05, 0.1) is 28.4 Å². The first-order valence-corrected chi connectivity index (χ1v) is 25.2. The van der Waals surface area contributed by atoms with Crippen molar-refractivity contribution in [2.45, 2.75) is 64.2 Å². The summed E-state index contributed by atoms with van der Waals surface area (Å²) in [4.78, 5) is 5.04. The molecule has 2 unspecified atom stereocenters. The number of fused-ring (bicyclic) bond motifs is 6. The highest BCUT2D eigenvalue weighted by atomic mass is 32.7. The Morgan fingerprint density at radius 1 is 0.561 bits per heavy atom. The molecule has 4 heteroatoms. The van der Waals surface area contributed by atoms with Crippen LogP contribution >= 0.6 is 20.7 Å². The van der Waals surface area contributed by atoms with Gasteiger partial charge >= 0.3 is 0 Å². The monoisotopic (exact) mass is 892 g/mol. The molecular formula is C62H57N2PS. The van der Waals surface area contributed by atoms with Gasteiger partial charge in [0, 0.05) is 27.3 Å². The largest absolute Gasteiger partial charge is 0.310 e. The Labute approximate surface area is 399 Å². The lowest BCUT2D eigenvalue weighted by Gasteiger charge is -2.50. The Morgan fingerprint density at radius 3 is 1.98 bits per heavy atom. The summed E-state index contributed by atoms with van der Waals surface area (Å²) in [5.74, 6) is 0. The molecule has 2 heterocycles. The minimum atomic E-state index is -0.272. The summed E-state index contributed by atoms with van der Waals surface area (Å²) in [6.07, 6.45) is 16.7. The van der Waals surface area contributed by atoms with Crippen LogP contribution in [0.3, 0.4) is 0 Å². The minimum absolute atomic E-state index is 0.189. The normalized spacial score (nSPS) is 17.5. The average molecular weight is 893 g/mol. The van der Waals surface area contributed by atoms with Gasteiger partial charge in [0.15, 0.2) is 0 Å². The molecule has 0 N–H and O–H groups in total. The van der Waals surface area contributed by atoms with Crippen LogP contribution in [0.5, 0.6) is 0 Å². The summed E-state index contributed by atoms with van der Waals surface area (Å²) >= 11 is 3.44. The number of hydrogen-bond acceptors (Lipinski definition) is 3. The first-order valence-electron chi connectivity index (χ1n) is 23.1. The first kappa shape index (κ1) is 43.5. The van der Waals surface area contributed by atoms with E-state index in [1.165, 1.54) is 94.5 Å². The number of benzene rings is 8. The van der Waals surface area contributed by atoms with E-state index in [4.69, 9.17) is 0 Å². The Hall–Kier alpha value is -6.38. The predicted octanol–water partition coefficient (Wildman–Crippen LogP) is 17.6. The molecule has 0 saturated heterocycles. The van der Waals surface area contributed by atoms with Gasteiger partial charge in [-0.1, -0.05) is 201 Å². The standard InChI is InChI=1S/C62H54N2.H3PS/c1-7-8-9-21-44-22-13-16-27-55(44)63(56-29-18-24-43-20-12-14-25-50(43)56)49-34-36-62(6,37-35-49)48-32-33-58-52(41-48)61(4,5)54-40-47(46-31-30-42-19-10-11-23-45(42)38-46)39-53-59(54)64(58)57-28-17-15-26-51(57)60(53,2)3;1-2/h7-36,38-41H,37H2,1-6H3;2H,1H2/b8-7-,21-9-;. The third kappa shape index (κ3) is 7.16. The summed E-state index contributed by atoms with van der Waals surface area (Å²) in [7, 11) is 2.11. The SMILES string of the molecule is C/C=C\C=C/c1ccccc1N(C1=CCC(C)(c2ccc3c(c2)C(C)(C)c2cc(-c4ccc5ccccc5c4)cc4c2N3c2ccccc2C4(C)C)C=C1)c1cccc2ccccc12.PS. The third-order valence-electron chi connectivity index (χ3n) is 14.5. The molecule has 8 aromatic rings. The Kier molecular flexibility index (Phi) is 11.3. The maximum Gasteiger partial charge on any atom is 0.0544 e. The second-order valence-electron chi connectivity index (χ2n) is 19.2. The van der Waals surface area contributed by atoms with E-state index < -0.39 is 0 Å². The molecular weight excluding hydrogens is 836 g/mol. The molecule has 0 fully saturated rings. The lowest BCUT2D eigenvalue weighted by atomic mass is 9.65. The molecule has 1 aliphatic carbocycles. The number of allylic oxidation sites excluding steroid dienone is 6. The van der Waals surface area contributed by atoms with Crippen LogP contribution in [-0.4, -0.2) is 0 Å². The quantitative estimate of drug-likeness (QED) is 0.0967. The van der Waals surface area contributed by atoms with E-state index in [1.807, 2.05) is 0 Å². The highest BCUT2D eigenvalue weighted by molar-refractivity contribution is 8.31. The van der Waals surface area contributed by atoms with Crippen molar-refractivity contribution in [3.05, 3.63) is 239 Å². The van der Waals surface area contributed by atoms with Gasteiger partial charge in [0.1, 0.15) is 0 Å². The third-order valence-corrected chi connectivity index (χ3v) is 14.5. The van der Waals surface area contributed by atoms with Crippen molar-refractivity contribution in [2.24, 2.45) is 0 Å². The van der Waals surface area contributed by atoms with Gasteiger partial charge in [-0.15, -0.1) is 0 Å². The van der Waals surface area contributed by atoms with Crippen molar-refractivity contribution >= 4 is 76.7 Å². The van der Waals surface area contributed by atoms with Crippen molar-refractivity contribution < 1.29 is 0 Å². The highest BCUT2D eigenvalue weighted by Gasteiger charge is 2.46. The molecule has 2 atom stereocenters. The van der Waals surface area contributed by atoms with Crippen molar-refractivity contribution in [2.75, 3.05) is 9.80 Å². The minimum Gasteiger partial charge on any atom is -0.310 e. The molecule has 3 aliphatic rings. The fraction of sp³-hybridized carbons (Fsp3) is 0.161.